The van der Waals surface area contributed by atoms with Crippen molar-refractivity contribution in [2.45, 2.75) is 0 Å². The molecule has 84 valence electrons. The molecule has 0 radical (unpaired) electrons. The molecule has 0 rings (SSSR count). The van der Waals surface area contributed by atoms with Crippen LogP contribution in [0.25, 0.3) is 0 Å². The molecule has 0 aliphatic carbocycles. The first-order valence-electron chi connectivity index (χ1n) is 1.10. The summed E-state index contributed by atoms with van der Waals surface area (Å²) in [5, 5.41) is 27.0. The number of hydrogen-bond acceptors (Lipinski definition) is 12. The zero-order chi connectivity index (χ0) is 8.12. The number of nitrogens with zero attached hydrogens (tertiary/aromatic N) is 3. The maximum absolute atomic E-state index is 8.00. The Kier molecular flexibility index (Phi) is 1840. The topological polar surface area (TPSA) is 262 Å². The predicted molar refractivity (Wildman–Crippen MR) is 42.6 cm³/mol. The molecule has 0 aromatic carbocycles. The largest absolute Gasteiger partial charge is 3.00 e. The van der Waals surface area contributed by atoms with Crippen molar-refractivity contribution in [3.8, 4) is 0 Å². The minimum absolute atomic E-state index is 0. The van der Waals surface area contributed by atoms with Crippen molar-refractivity contribution in [2.75, 3.05) is 0 Å². The molecule has 13 heteroatoms. The minimum atomic E-state index is 0. The van der Waals surface area contributed by atoms with Gasteiger partial charge in [0.1, 0.15) is 0 Å². The summed E-state index contributed by atoms with van der Waals surface area (Å²) in [6.45, 7) is 0. The van der Waals surface area contributed by atoms with Gasteiger partial charge in [-0.3, -0.25) is 0 Å². The molecule has 0 spiro atoms. The van der Waals surface area contributed by atoms with Gasteiger partial charge >= 0.3 is 16.8 Å². The number of rotatable bonds is 0. The van der Waals surface area contributed by atoms with Crippen molar-refractivity contribution in [1.82, 2.24) is 18.5 Å². The average molecular weight is 248 g/mol. The normalized spacial score (nSPS) is 2.77. The molecule has 9 N–H and O–H groups in total. The van der Waals surface area contributed by atoms with Gasteiger partial charge in [-0.1, -0.05) is 0 Å². The van der Waals surface area contributed by atoms with Crippen LogP contribution in [0.2, 0.25) is 0 Å². The maximum Gasteiger partial charge on any atom is 3.00 e. The molecule has 0 saturated heterocycles. The zero-order valence-corrected chi connectivity index (χ0v) is 7.29. The summed E-state index contributed by atoms with van der Waals surface area (Å²) in [4.78, 5) is 24.0. The van der Waals surface area contributed by atoms with Crippen molar-refractivity contribution in [2.24, 2.45) is 16.0 Å². The van der Waals surface area contributed by atoms with Crippen LogP contribution in [0.1, 0.15) is 0 Å². The summed E-state index contributed by atoms with van der Waals surface area (Å²) >= 11 is 0. The standard InChI is InChI=1S/Co.3HNO2.3H3N/c;3*2-1-3;;;/h;3*(H,2,3);3*1H3/q+3;;;;;;/p-3. The molecular formula is H9CoN6O6. The van der Waals surface area contributed by atoms with Crippen LogP contribution in [-0.2, 0) is 16.8 Å². The summed E-state index contributed by atoms with van der Waals surface area (Å²) in [6.07, 6.45) is 0. The second-order valence-corrected chi connectivity index (χ2v) is 0.224. The van der Waals surface area contributed by atoms with E-state index in [0.29, 0.717) is 0 Å². The first-order valence-corrected chi connectivity index (χ1v) is 1.10. The first kappa shape index (κ1) is 61.7. The third kappa shape index (κ3) is 391. The Labute approximate surface area is 82.4 Å². The van der Waals surface area contributed by atoms with Gasteiger partial charge in [0.15, 0.2) is 0 Å². The van der Waals surface area contributed by atoms with E-state index in [1.165, 1.54) is 0 Å². The molecule has 0 aliphatic heterocycles. The van der Waals surface area contributed by atoms with E-state index < -0.39 is 0 Å². The van der Waals surface area contributed by atoms with E-state index in [-0.39, 0.29) is 35.2 Å². The Bertz CT molecular complexity index is 53.9. The SMILES string of the molecule is N.N.N.O=N[O-].O=N[O-].O=N[O-].[Co+3]. The molecule has 0 atom stereocenters. The second kappa shape index (κ2) is 387. The van der Waals surface area contributed by atoms with E-state index in [4.69, 9.17) is 30.3 Å². The van der Waals surface area contributed by atoms with Crippen LogP contribution in [-0.4, -0.2) is 0 Å². The van der Waals surface area contributed by atoms with Gasteiger partial charge in [-0.15, -0.1) is 16.0 Å². The van der Waals surface area contributed by atoms with Gasteiger partial charge in [-0.25, -0.2) is 0 Å². The van der Waals surface area contributed by atoms with E-state index in [2.05, 4.69) is 0 Å². The minimum Gasteiger partial charge on any atom is -0.444 e. The quantitative estimate of drug-likeness (QED) is 0.409. The molecule has 0 heterocycles. The fourth-order valence-corrected chi connectivity index (χ4v) is 0. The molecule has 12 nitrogen and oxygen atoms in total. The van der Waals surface area contributed by atoms with Gasteiger partial charge in [-0.05, 0) is 0 Å². The molecule has 13 heavy (non-hydrogen) atoms. The predicted octanol–water partition coefficient (Wildman–Crippen LogP) is 1.24. The van der Waals surface area contributed by atoms with Gasteiger partial charge in [0.05, 0.1) is 0 Å². The maximum atomic E-state index is 8.00. The molecule has 0 saturated carbocycles. The van der Waals surface area contributed by atoms with Crippen molar-refractivity contribution in [3.63, 3.8) is 0 Å². The van der Waals surface area contributed by atoms with Gasteiger partial charge < -0.3 is 48.8 Å². The Morgan fingerprint density at radius 3 is 0.615 bits per heavy atom. The molecule has 0 aliphatic rings. The van der Waals surface area contributed by atoms with Crippen LogP contribution < -0.4 is 18.5 Å². The van der Waals surface area contributed by atoms with Crippen LogP contribution in [0.3, 0.4) is 0 Å². The van der Waals surface area contributed by atoms with Gasteiger partial charge in [-0.2, -0.15) is 0 Å². The van der Waals surface area contributed by atoms with E-state index in [9.17, 15) is 0 Å². The molecule has 0 unspecified atom stereocenters. The summed E-state index contributed by atoms with van der Waals surface area (Å²) in [5.74, 6) is 0. The summed E-state index contributed by atoms with van der Waals surface area (Å²) in [5.41, 5.74) is 0. The van der Waals surface area contributed by atoms with Crippen molar-refractivity contribution < 1.29 is 16.8 Å². The third-order valence-electron chi connectivity index (χ3n) is 0. The average Bonchev–Trinajstić information content (AvgIpc) is 1.70. The summed E-state index contributed by atoms with van der Waals surface area (Å²) < 4.78 is 0. The van der Waals surface area contributed by atoms with Crippen molar-refractivity contribution in [1.29, 1.82) is 0 Å². The van der Waals surface area contributed by atoms with Gasteiger partial charge in [0.25, 0.3) is 0 Å². The van der Waals surface area contributed by atoms with Crippen LogP contribution >= 0.6 is 0 Å². The van der Waals surface area contributed by atoms with Gasteiger partial charge in [0, 0.05) is 0 Å². The molecule has 0 aromatic heterocycles. The smallest absolute Gasteiger partial charge is 0.444 e. The Hall–Kier alpha value is -1.41. The zero-order valence-electron chi connectivity index (χ0n) is 6.25. The van der Waals surface area contributed by atoms with Crippen LogP contribution in [0.15, 0.2) is 16.0 Å². The fraction of sp³-hybridized carbons (Fsp3) is 0. The van der Waals surface area contributed by atoms with E-state index in [0.717, 1.165) is 16.0 Å². The Balaban J connectivity index is -0.00000000720. The van der Waals surface area contributed by atoms with Gasteiger partial charge in [0.2, 0.25) is 0 Å². The molecule has 0 amide bonds. The fourth-order valence-electron chi connectivity index (χ4n) is 0. The third-order valence-corrected chi connectivity index (χ3v) is 0. The Morgan fingerprint density at radius 2 is 0.615 bits per heavy atom. The van der Waals surface area contributed by atoms with Crippen LogP contribution in [0.5, 0.6) is 0 Å². The molecular weight excluding hydrogens is 239 g/mol. The second-order valence-electron chi connectivity index (χ2n) is 0.224. The Morgan fingerprint density at radius 1 is 0.615 bits per heavy atom. The van der Waals surface area contributed by atoms with E-state index in [1.54, 1.807) is 0 Å². The molecule has 0 aromatic rings. The summed E-state index contributed by atoms with van der Waals surface area (Å²) in [7, 11) is 0. The first-order chi connectivity index (χ1) is 4.24. The monoisotopic (exact) mass is 248 g/mol. The van der Waals surface area contributed by atoms with Crippen molar-refractivity contribution in [3.05, 3.63) is 30.3 Å². The van der Waals surface area contributed by atoms with E-state index >= 15 is 0 Å². The summed E-state index contributed by atoms with van der Waals surface area (Å²) in [6, 6.07) is 0. The molecule has 0 bridgehead atoms. The molecule has 0 fully saturated rings. The van der Waals surface area contributed by atoms with Crippen molar-refractivity contribution >= 4 is 0 Å². The van der Waals surface area contributed by atoms with Crippen LogP contribution in [0, 0.1) is 30.3 Å². The number of hydrogen-bond donors (Lipinski definition) is 3. The van der Waals surface area contributed by atoms with Crippen LogP contribution in [0.4, 0.5) is 0 Å². The van der Waals surface area contributed by atoms with E-state index in [1.807, 2.05) is 0 Å².